The number of rotatable bonds is 5. The second-order valence-corrected chi connectivity index (χ2v) is 7.21. The number of hydrogen-bond acceptors (Lipinski definition) is 3. The standard InChI is InChI=1S/C14H19BrN2S/c1-2-9-17-10-6-12(7-11-17)16-8-5-13-3-4-14(15)18-13/h1,3-4,12,16H,5-11H2. The lowest BCUT2D eigenvalue weighted by molar-refractivity contribution is 0.218. The molecule has 98 valence electrons. The molecule has 1 saturated heterocycles. The summed E-state index contributed by atoms with van der Waals surface area (Å²) < 4.78 is 1.22. The normalized spacial score (nSPS) is 17.8. The quantitative estimate of drug-likeness (QED) is 0.837. The van der Waals surface area contributed by atoms with Gasteiger partial charge in [0.1, 0.15) is 0 Å². The van der Waals surface area contributed by atoms with E-state index in [1.165, 1.54) is 21.5 Å². The van der Waals surface area contributed by atoms with E-state index < -0.39 is 0 Å². The number of nitrogens with zero attached hydrogens (tertiary/aromatic N) is 1. The first-order chi connectivity index (χ1) is 8.78. The van der Waals surface area contributed by atoms with Gasteiger partial charge < -0.3 is 5.32 Å². The van der Waals surface area contributed by atoms with Crippen LogP contribution in [-0.2, 0) is 6.42 Å². The molecule has 0 saturated carbocycles. The molecule has 0 aliphatic carbocycles. The van der Waals surface area contributed by atoms with Crippen molar-refractivity contribution in [3.8, 4) is 12.3 Å². The van der Waals surface area contributed by atoms with E-state index in [2.05, 4.69) is 44.2 Å². The Morgan fingerprint density at radius 2 is 2.22 bits per heavy atom. The Bertz CT molecular complexity index is 402. The minimum Gasteiger partial charge on any atom is -0.314 e. The van der Waals surface area contributed by atoms with Crippen molar-refractivity contribution < 1.29 is 0 Å². The number of thiophene rings is 1. The minimum atomic E-state index is 0.669. The van der Waals surface area contributed by atoms with Crippen molar-refractivity contribution >= 4 is 27.3 Å². The van der Waals surface area contributed by atoms with Gasteiger partial charge in [-0.15, -0.1) is 17.8 Å². The van der Waals surface area contributed by atoms with E-state index in [1.807, 2.05) is 11.3 Å². The van der Waals surface area contributed by atoms with Crippen molar-refractivity contribution in [3.63, 3.8) is 0 Å². The minimum absolute atomic E-state index is 0.669. The lowest BCUT2D eigenvalue weighted by Gasteiger charge is -2.31. The molecule has 0 unspecified atom stereocenters. The Labute approximate surface area is 122 Å². The van der Waals surface area contributed by atoms with Crippen LogP contribution >= 0.6 is 27.3 Å². The molecule has 1 aliphatic heterocycles. The molecule has 1 aromatic heterocycles. The highest BCUT2D eigenvalue weighted by Crippen LogP contribution is 2.22. The summed E-state index contributed by atoms with van der Waals surface area (Å²) in [5.41, 5.74) is 0. The maximum atomic E-state index is 5.33. The first-order valence-corrected chi connectivity index (χ1v) is 8.02. The summed E-state index contributed by atoms with van der Waals surface area (Å²) in [4.78, 5) is 3.80. The van der Waals surface area contributed by atoms with Gasteiger partial charge in [-0.2, -0.15) is 0 Å². The average molecular weight is 327 g/mol. The van der Waals surface area contributed by atoms with Gasteiger partial charge in [0.15, 0.2) is 0 Å². The zero-order valence-corrected chi connectivity index (χ0v) is 12.9. The van der Waals surface area contributed by atoms with Gasteiger partial charge in [0.2, 0.25) is 0 Å². The maximum Gasteiger partial charge on any atom is 0.0701 e. The van der Waals surface area contributed by atoms with Crippen LogP contribution in [0, 0.1) is 12.3 Å². The van der Waals surface area contributed by atoms with E-state index in [9.17, 15) is 0 Å². The van der Waals surface area contributed by atoms with E-state index in [-0.39, 0.29) is 0 Å². The predicted octanol–water partition coefficient (Wildman–Crippen LogP) is 2.74. The Morgan fingerprint density at radius 1 is 1.44 bits per heavy atom. The van der Waals surface area contributed by atoms with Gasteiger partial charge in [0.05, 0.1) is 10.3 Å². The number of terminal acetylenes is 1. The van der Waals surface area contributed by atoms with Gasteiger partial charge in [0, 0.05) is 30.6 Å². The number of hydrogen-bond donors (Lipinski definition) is 1. The van der Waals surface area contributed by atoms with Crippen LogP contribution in [0.1, 0.15) is 17.7 Å². The first-order valence-electron chi connectivity index (χ1n) is 6.41. The molecule has 1 aromatic rings. The molecule has 0 radical (unpaired) electrons. The summed E-state index contributed by atoms with van der Waals surface area (Å²) in [6.45, 7) is 4.14. The highest BCUT2D eigenvalue weighted by molar-refractivity contribution is 9.11. The third-order valence-electron chi connectivity index (χ3n) is 3.34. The van der Waals surface area contributed by atoms with Gasteiger partial charge >= 0.3 is 0 Å². The number of nitrogens with one attached hydrogen (secondary N) is 1. The molecule has 2 heterocycles. The van der Waals surface area contributed by atoms with Crippen LogP contribution in [0.25, 0.3) is 0 Å². The SMILES string of the molecule is C#CCN1CCC(NCCc2ccc(Br)s2)CC1. The van der Waals surface area contributed by atoms with Gasteiger partial charge in [-0.3, -0.25) is 4.90 Å². The third kappa shape index (κ3) is 4.40. The predicted molar refractivity (Wildman–Crippen MR) is 82.0 cm³/mol. The van der Waals surface area contributed by atoms with E-state index in [0.717, 1.165) is 32.6 Å². The van der Waals surface area contributed by atoms with E-state index in [0.29, 0.717) is 6.04 Å². The van der Waals surface area contributed by atoms with Gasteiger partial charge in [-0.25, -0.2) is 0 Å². The van der Waals surface area contributed by atoms with Crippen LogP contribution in [0.4, 0.5) is 0 Å². The third-order valence-corrected chi connectivity index (χ3v) is 5.02. The number of halogens is 1. The average Bonchev–Trinajstić information content (AvgIpc) is 2.78. The first kappa shape index (κ1) is 14.1. The molecule has 1 N–H and O–H groups in total. The second-order valence-electron chi connectivity index (χ2n) is 4.66. The molecule has 2 rings (SSSR count). The Balaban J connectivity index is 1.62. The molecule has 0 amide bonds. The van der Waals surface area contributed by atoms with Crippen molar-refractivity contribution in [1.82, 2.24) is 10.2 Å². The van der Waals surface area contributed by atoms with Crippen LogP contribution < -0.4 is 5.32 Å². The van der Waals surface area contributed by atoms with Crippen LogP contribution in [-0.4, -0.2) is 37.1 Å². The molecule has 0 bridgehead atoms. The molecule has 0 atom stereocenters. The summed E-state index contributed by atoms with van der Waals surface area (Å²) in [5, 5.41) is 3.66. The van der Waals surface area contributed by atoms with Crippen molar-refractivity contribution in [1.29, 1.82) is 0 Å². The molecule has 1 fully saturated rings. The number of likely N-dealkylation sites (tertiary alicyclic amines) is 1. The Hall–Kier alpha value is -0.340. The molecule has 4 heteroatoms. The number of piperidine rings is 1. The van der Waals surface area contributed by atoms with Crippen molar-refractivity contribution in [2.24, 2.45) is 0 Å². The van der Waals surface area contributed by atoms with Gasteiger partial charge in [-0.05, 0) is 47.3 Å². The topological polar surface area (TPSA) is 15.3 Å². The van der Waals surface area contributed by atoms with E-state index in [4.69, 9.17) is 6.42 Å². The van der Waals surface area contributed by atoms with E-state index >= 15 is 0 Å². The van der Waals surface area contributed by atoms with Crippen molar-refractivity contribution in [3.05, 3.63) is 20.8 Å². The lowest BCUT2D eigenvalue weighted by atomic mass is 10.1. The monoisotopic (exact) mass is 326 g/mol. The fourth-order valence-corrected chi connectivity index (χ4v) is 3.79. The molecule has 1 aliphatic rings. The zero-order valence-electron chi connectivity index (χ0n) is 10.5. The summed E-state index contributed by atoms with van der Waals surface area (Å²) in [6.07, 6.45) is 8.89. The van der Waals surface area contributed by atoms with Crippen LogP contribution in [0.2, 0.25) is 0 Å². The second kappa shape index (κ2) is 7.30. The molecule has 0 aromatic carbocycles. The van der Waals surface area contributed by atoms with Crippen LogP contribution in [0.5, 0.6) is 0 Å². The Kier molecular flexibility index (Phi) is 5.71. The highest BCUT2D eigenvalue weighted by atomic mass is 79.9. The van der Waals surface area contributed by atoms with Crippen LogP contribution in [0.3, 0.4) is 0 Å². The molecule has 18 heavy (non-hydrogen) atoms. The summed E-state index contributed by atoms with van der Waals surface area (Å²) in [5.74, 6) is 2.72. The summed E-state index contributed by atoms with van der Waals surface area (Å²) in [7, 11) is 0. The van der Waals surface area contributed by atoms with Crippen molar-refractivity contribution in [2.75, 3.05) is 26.2 Å². The molecule has 2 nitrogen and oxygen atoms in total. The van der Waals surface area contributed by atoms with E-state index in [1.54, 1.807) is 0 Å². The van der Waals surface area contributed by atoms with Crippen LogP contribution in [0.15, 0.2) is 15.9 Å². The maximum absolute atomic E-state index is 5.33. The van der Waals surface area contributed by atoms with Gasteiger partial charge in [0.25, 0.3) is 0 Å². The summed E-state index contributed by atoms with van der Waals surface area (Å²) in [6, 6.07) is 4.99. The zero-order chi connectivity index (χ0) is 12.8. The lowest BCUT2D eigenvalue weighted by Crippen LogP contribution is -2.43. The highest BCUT2D eigenvalue weighted by Gasteiger charge is 2.17. The fraction of sp³-hybridized carbons (Fsp3) is 0.571. The Morgan fingerprint density at radius 3 is 2.83 bits per heavy atom. The molecular formula is C14H19BrN2S. The molecule has 0 spiro atoms. The molecular weight excluding hydrogens is 308 g/mol. The smallest absolute Gasteiger partial charge is 0.0701 e. The van der Waals surface area contributed by atoms with Gasteiger partial charge in [-0.1, -0.05) is 5.92 Å². The largest absolute Gasteiger partial charge is 0.314 e. The summed E-state index contributed by atoms with van der Waals surface area (Å²) >= 11 is 5.33. The van der Waals surface area contributed by atoms with Crippen molar-refractivity contribution in [2.45, 2.75) is 25.3 Å². The fourth-order valence-electron chi connectivity index (χ4n) is 2.31.